The average molecular weight is 517 g/mol. The normalized spacial score (nSPS) is 30.9. The van der Waals surface area contributed by atoms with Gasteiger partial charge in [0.15, 0.2) is 23.4 Å². The molecule has 2 heterocycles. The molecule has 2 saturated carbocycles. The van der Waals surface area contributed by atoms with Crippen LogP contribution in [0.5, 0.6) is 11.5 Å². The summed E-state index contributed by atoms with van der Waals surface area (Å²) in [4.78, 5) is 40.7. The molecule has 1 spiro atoms. The number of Topliss-reactive ketones (excluding diaryl/α,β-unsaturated/α-hetero) is 1. The van der Waals surface area contributed by atoms with Gasteiger partial charge in [0.25, 0.3) is 0 Å². The third kappa shape index (κ3) is 3.28. The van der Waals surface area contributed by atoms with Gasteiger partial charge in [0, 0.05) is 31.0 Å². The Balaban J connectivity index is 1.25. The van der Waals surface area contributed by atoms with Gasteiger partial charge in [0.05, 0.1) is 16.5 Å². The minimum Gasteiger partial charge on any atom is -0.504 e. The van der Waals surface area contributed by atoms with E-state index in [0.29, 0.717) is 37.4 Å². The summed E-state index contributed by atoms with van der Waals surface area (Å²) in [5.74, 6) is 0.181. The van der Waals surface area contributed by atoms with Gasteiger partial charge in [-0.3, -0.25) is 14.5 Å². The van der Waals surface area contributed by atoms with Crippen molar-refractivity contribution in [2.45, 2.75) is 74.5 Å². The molecule has 3 fully saturated rings. The second-order valence-corrected chi connectivity index (χ2v) is 11.8. The topological polar surface area (TPSA) is 116 Å². The van der Waals surface area contributed by atoms with Gasteiger partial charge in [-0.1, -0.05) is 18.2 Å². The number of nitrogens with zero attached hydrogens (tertiary/aromatic N) is 1. The summed E-state index contributed by atoms with van der Waals surface area (Å²) < 4.78 is 6.30. The summed E-state index contributed by atoms with van der Waals surface area (Å²) in [6.45, 7) is 1.85. The zero-order valence-corrected chi connectivity index (χ0v) is 21.2. The van der Waals surface area contributed by atoms with Crippen molar-refractivity contribution in [1.82, 2.24) is 10.2 Å². The highest BCUT2D eigenvalue weighted by Crippen LogP contribution is 2.65. The molecular formula is C30H32N2O6. The highest BCUT2D eigenvalue weighted by atomic mass is 16.5. The lowest BCUT2D eigenvalue weighted by atomic mass is 9.47. The molecule has 8 nitrogen and oxygen atoms in total. The van der Waals surface area contributed by atoms with E-state index in [1.807, 2.05) is 6.07 Å². The molecule has 0 aromatic heterocycles. The fraction of sp³-hybridized carbons (Fsp3) is 0.500. The van der Waals surface area contributed by atoms with Gasteiger partial charge in [-0.25, -0.2) is 4.79 Å². The number of amides is 1. The van der Waals surface area contributed by atoms with Crippen molar-refractivity contribution in [3.05, 3.63) is 58.7 Å². The van der Waals surface area contributed by atoms with Crippen molar-refractivity contribution >= 4 is 17.7 Å². The zero-order chi connectivity index (χ0) is 26.2. The maximum atomic E-state index is 13.7. The summed E-state index contributed by atoms with van der Waals surface area (Å²) in [5, 5.41) is 23.4. The van der Waals surface area contributed by atoms with E-state index in [1.165, 1.54) is 12.8 Å². The lowest BCUT2D eigenvalue weighted by Crippen LogP contribution is -2.82. The van der Waals surface area contributed by atoms with Crippen LogP contribution in [0.1, 0.15) is 65.6 Å². The number of nitrogens with one attached hydrogen (secondary N) is 1. The molecule has 1 saturated heterocycles. The van der Waals surface area contributed by atoms with Crippen LogP contribution < -0.4 is 10.1 Å². The number of piperidine rings is 1. The van der Waals surface area contributed by atoms with Crippen molar-refractivity contribution in [2.75, 3.05) is 13.1 Å². The van der Waals surface area contributed by atoms with E-state index in [4.69, 9.17) is 9.84 Å². The molecule has 198 valence electrons. The van der Waals surface area contributed by atoms with Crippen LogP contribution in [0.2, 0.25) is 0 Å². The van der Waals surface area contributed by atoms with Gasteiger partial charge in [-0.2, -0.15) is 0 Å². The van der Waals surface area contributed by atoms with Crippen LogP contribution in [0, 0.1) is 5.92 Å². The number of carbonyl (C=O) groups excluding carboxylic acids is 2. The van der Waals surface area contributed by atoms with Crippen molar-refractivity contribution < 1.29 is 29.3 Å². The maximum absolute atomic E-state index is 13.7. The average Bonchev–Trinajstić information content (AvgIpc) is 3.65. The maximum Gasteiger partial charge on any atom is 0.335 e. The number of likely N-dealkylation sites (tertiary alicyclic amines) is 1. The number of ether oxygens (including phenoxy) is 1. The quantitative estimate of drug-likeness (QED) is 0.518. The van der Waals surface area contributed by atoms with Crippen molar-refractivity contribution in [2.24, 2.45) is 5.92 Å². The Bertz CT molecular complexity index is 1350. The van der Waals surface area contributed by atoms with E-state index in [-0.39, 0.29) is 35.5 Å². The Morgan fingerprint density at radius 2 is 1.89 bits per heavy atom. The smallest absolute Gasteiger partial charge is 0.335 e. The fourth-order valence-electron chi connectivity index (χ4n) is 7.95. The Hall–Kier alpha value is -3.39. The number of hydrogen-bond acceptors (Lipinski definition) is 6. The van der Waals surface area contributed by atoms with E-state index in [9.17, 15) is 19.5 Å². The van der Waals surface area contributed by atoms with E-state index >= 15 is 0 Å². The van der Waals surface area contributed by atoms with Crippen LogP contribution >= 0.6 is 0 Å². The summed E-state index contributed by atoms with van der Waals surface area (Å²) in [6, 6.07) is 10.3. The van der Waals surface area contributed by atoms with Gasteiger partial charge >= 0.3 is 5.97 Å². The molecule has 38 heavy (non-hydrogen) atoms. The van der Waals surface area contributed by atoms with E-state index in [2.05, 4.69) is 10.2 Å². The lowest BCUT2D eigenvalue weighted by molar-refractivity contribution is -0.150. The number of aromatic carboxylic acids is 1. The summed E-state index contributed by atoms with van der Waals surface area (Å²) in [6.07, 6.45) is 4.89. The zero-order valence-electron chi connectivity index (χ0n) is 21.2. The number of rotatable bonds is 7. The molecule has 3 aliphatic carbocycles. The summed E-state index contributed by atoms with van der Waals surface area (Å²) in [5.41, 5.74) is 1.83. The van der Waals surface area contributed by atoms with Crippen LogP contribution in [0.3, 0.4) is 0 Å². The molecule has 4 atom stereocenters. The molecule has 2 bridgehead atoms. The number of aromatic hydroxyl groups is 1. The number of carbonyl (C=O) groups is 3. The highest BCUT2D eigenvalue weighted by Gasteiger charge is 2.73. The van der Waals surface area contributed by atoms with Crippen molar-refractivity contribution in [3.8, 4) is 11.5 Å². The molecule has 2 aliphatic heterocycles. The van der Waals surface area contributed by atoms with Gasteiger partial charge in [-0.15, -0.1) is 0 Å². The molecule has 7 rings (SSSR count). The number of benzene rings is 2. The number of phenolic OH excluding ortho intramolecular Hbond substituents is 1. The van der Waals surface area contributed by atoms with E-state index < -0.39 is 23.0 Å². The van der Waals surface area contributed by atoms with Crippen LogP contribution in [-0.2, 0) is 27.8 Å². The first kappa shape index (κ1) is 23.7. The second kappa shape index (κ2) is 8.30. The van der Waals surface area contributed by atoms with Gasteiger partial charge in [0.1, 0.15) is 0 Å². The lowest BCUT2D eigenvalue weighted by Gasteiger charge is -2.65. The first-order valence-electron chi connectivity index (χ1n) is 13.7. The van der Waals surface area contributed by atoms with E-state index in [1.54, 1.807) is 30.3 Å². The number of aryl methyl sites for hydroxylation is 1. The third-order valence-corrected chi connectivity index (χ3v) is 9.82. The summed E-state index contributed by atoms with van der Waals surface area (Å²) in [7, 11) is 0. The van der Waals surface area contributed by atoms with Gasteiger partial charge in [-0.05, 0) is 80.3 Å². The van der Waals surface area contributed by atoms with Crippen LogP contribution in [-0.4, -0.2) is 63.5 Å². The number of ketones is 1. The number of hydrogen-bond donors (Lipinski definition) is 3. The Labute approximate surface area is 221 Å². The predicted molar refractivity (Wildman–Crippen MR) is 137 cm³/mol. The van der Waals surface area contributed by atoms with E-state index in [0.717, 1.165) is 36.2 Å². The minimum atomic E-state index is -0.974. The van der Waals surface area contributed by atoms with Crippen LogP contribution in [0.15, 0.2) is 36.4 Å². The molecule has 1 unspecified atom stereocenters. The monoisotopic (exact) mass is 516 g/mol. The van der Waals surface area contributed by atoms with Gasteiger partial charge in [0.2, 0.25) is 5.91 Å². The molecule has 8 heteroatoms. The second-order valence-electron chi connectivity index (χ2n) is 11.8. The minimum absolute atomic E-state index is 0.0474. The SMILES string of the molecule is O=C(CCc1ccc(C(=O)O)cc1)N[C@@]12CCC(=O)[C@@H]3Oc4c(O)ccc5c4C31CCN(CC1CC1)[C@@H]2C5. The van der Waals surface area contributed by atoms with Crippen molar-refractivity contribution in [3.63, 3.8) is 0 Å². The first-order valence-corrected chi connectivity index (χ1v) is 13.7. The molecule has 2 aromatic carbocycles. The first-order chi connectivity index (χ1) is 18.3. The molecule has 2 aromatic rings. The predicted octanol–water partition coefficient (Wildman–Crippen LogP) is 2.98. The highest BCUT2D eigenvalue weighted by molar-refractivity contribution is 5.91. The van der Waals surface area contributed by atoms with Crippen molar-refractivity contribution in [1.29, 1.82) is 0 Å². The third-order valence-electron chi connectivity index (χ3n) is 9.82. The number of carboxylic acid groups (broad SMARTS) is 1. The number of carboxylic acids is 1. The van der Waals surface area contributed by atoms with Crippen LogP contribution in [0.25, 0.3) is 0 Å². The summed E-state index contributed by atoms with van der Waals surface area (Å²) >= 11 is 0. The Morgan fingerprint density at radius 1 is 1.11 bits per heavy atom. The van der Waals surface area contributed by atoms with Crippen LogP contribution in [0.4, 0.5) is 0 Å². The molecule has 1 amide bonds. The molecule has 0 radical (unpaired) electrons. The Kier molecular flexibility index (Phi) is 5.18. The molecule has 3 N–H and O–H groups in total. The molecular weight excluding hydrogens is 484 g/mol. The van der Waals surface area contributed by atoms with Gasteiger partial charge < -0.3 is 20.3 Å². The number of phenols is 1. The molecule has 5 aliphatic rings. The largest absolute Gasteiger partial charge is 0.504 e. The Morgan fingerprint density at radius 3 is 2.63 bits per heavy atom. The standard InChI is InChI=1S/C30H32N2O6/c33-21-9-8-20-15-23-30(31-24(35)10-5-17-3-6-19(7-4-17)28(36)37)12-11-22(34)27-29(30,25(20)26(21)38-27)13-14-32(23)16-18-1-2-18/h3-4,6-9,18,23,27,33H,1-2,5,10-16H2,(H,31,35)(H,36,37)/t23-,27+,29?,30-/m1/s1. The fourth-order valence-corrected chi connectivity index (χ4v) is 7.95.